The largest absolute Gasteiger partial charge is 0.355 e. The third kappa shape index (κ3) is 4.63. The third-order valence-electron chi connectivity index (χ3n) is 4.15. The summed E-state index contributed by atoms with van der Waals surface area (Å²) in [4.78, 5) is 12.5. The summed E-state index contributed by atoms with van der Waals surface area (Å²) >= 11 is 24.0. The van der Waals surface area contributed by atoms with Gasteiger partial charge in [0, 0.05) is 28.9 Å². The molecule has 6 nitrogen and oxygen atoms in total. The molecule has 0 saturated heterocycles. The molecule has 2 aromatic heterocycles. The maximum atomic E-state index is 12.5. The number of rotatable bonds is 5. The van der Waals surface area contributed by atoms with Crippen molar-refractivity contribution < 1.29 is 9.32 Å². The van der Waals surface area contributed by atoms with E-state index in [2.05, 4.69) is 15.6 Å². The van der Waals surface area contributed by atoms with Crippen LogP contribution in [0.3, 0.4) is 0 Å². The highest BCUT2D eigenvalue weighted by atomic mass is 35.5. The Bertz CT molecular complexity index is 1240. The molecular formula is C20H12Cl4N4O2. The molecule has 1 amide bonds. The molecule has 0 bridgehead atoms. The van der Waals surface area contributed by atoms with Crippen LogP contribution in [0.25, 0.3) is 11.3 Å². The quantitative estimate of drug-likeness (QED) is 0.355. The van der Waals surface area contributed by atoms with Crippen LogP contribution in [-0.2, 0) is 6.54 Å². The zero-order valence-corrected chi connectivity index (χ0v) is 18.1. The van der Waals surface area contributed by atoms with Gasteiger partial charge in [0.25, 0.3) is 5.91 Å². The van der Waals surface area contributed by atoms with Crippen LogP contribution in [0.1, 0.15) is 16.1 Å². The first-order valence-corrected chi connectivity index (χ1v) is 10.1. The lowest BCUT2D eigenvalue weighted by Crippen LogP contribution is -2.13. The van der Waals surface area contributed by atoms with Gasteiger partial charge in [-0.05, 0) is 35.9 Å². The molecule has 0 radical (unpaired) electrons. The van der Waals surface area contributed by atoms with Gasteiger partial charge in [-0.3, -0.25) is 9.48 Å². The normalized spacial score (nSPS) is 10.9. The zero-order chi connectivity index (χ0) is 21.3. The Kier molecular flexibility index (Phi) is 6.01. The van der Waals surface area contributed by atoms with Crippen LogP contribution in [0.4, 0.5) is 5.82 Å². The number of hydrogen-bond donors (Lipinski definition) is 1. The Morgan fingerprint density at radius 2 is 1.80 bits per heavy atom. The van der Waals surface area contributed by atoms with Gasteiger partial charge in [0.05, 0.1) is 21.6 Å². The second kappa shape index (κ2) is 8.70. The van der Waals surface area contributed by atoms with Crippen LogP contribution in [0.5, 0.6) is 0 Å². The highest BCUT2D eigenvalue weighted by Crippen LogP contribution is 2.30. The van der Waals surface area contributed by atoms with Gasteiger partial charge in [-0.2, -0.15) is 5.10 Å². The summed E-state index contributed by atoms with van der Waals surface area (Å²) in [5.41, 5.74) is 1.60. The number of nitrogens with one attached hydrogen (secondary N) is 1. The first-order valence-electron chi connectivity index (χ1n) is 8.60. The van der Waals surface area contributed by atoms with Crippen LogP contribution in [0, 0.1) is 0 Å². The Labute approximate surface area is 191 Å². The number of carbonyl (C=O) groups excluding carboxylic acids is 1. The van der Waals surface area contributed by atoms with Crippen LogP contribution in [-0.4, -0.2) is 20.8 Å². The summed E-state index contributed by atoms with van der Waals surface area (Å²) in [6, 6.07) is 13.5. The topological polar surface area (TPSA) is 73.0 Å². The highest BCUT2D eigenvalue weighted by molar-refractivity contribution is 6.42. The number of nitrogens with zero attached hydrogens (tertiary/aromatic N) is 3. The van der Waals surface area contributed by atoms with Gasteiger partial charge in [-0.25, -0.2) is 0 Å². The molecule has 2 aromatic carbocycles. The molecule has 4 aromatic rings. The van der Waals surface area contributed by atoms with Gasteiger partial charge in [-0.15, -0.1) is 0 Å². The smallest absolute Gasteiger partial charge is 0.279 e. The van der Waals surface area contributed by atoms with Gasteiger partial charge in [-0.1, -0.05) is 57.6 Å². The van der Waals surface area contributed by atoms with Crippen LogP contribution >= 0.6 is 46.4 Å². The van der Waals surface area contributed by atoms with Crippen molar-refractivity contribution in [3.05, 3.63) is 86.1 Å². The van der Waals surface area contributed by atoms with E-state index in [1.165, 1.54) is 6.07 Å². The summed E-state index contributed by atoms with van der Waals surface area (Å²) < 4.78 is 6.91. The fourth-order valence-corrected chi connectivity index (χ4v) is 3.54. The average Bonchev–Trinajstić information content (AvgIpc) is 3.35. The lowest BCUT2D eigenvalue weighted by atomic mass is 10.1. The monoisotopic (exact) mass is 480 g/mol. The predicted molar refractivity (Wildman–Crippen MR) is 118 cm³/mol. The van der Waals surface area contributed by atoms with Crippen molar-refractivity contribution in [2.75, 3.05) is 5.32 Å². The summed E-state index contributed by atoms with van der Waals surface area (Å²) in [5.74, 6) is 0.260. The number of hydrogen-bond acceptors (Lipinski definition) is 4. The van der Waals surface area contributed by atoms with E-state index < -0.39 is 5.91 Å². The molecule has 0 aliphatic carbocycles. The van der Waals surface area contributed by atoms with Crippen molar-refractivity contribution in [3.8, 4) is 11.3 Å². The molecule has 30 heavy (non-hydrogen) atoms. The van der Waals surface area contributed by atoms with E-state index in [-0.39, 0.29) is 5.69 Å². The summed E-state index contributed by atoms with van der Waals surface area (Å²) in [6.45, 7) is 0.468. The van der Waals surface area contributed by atoms with Gasteiger partial charge in [0.15, 0.2) is 17.3 Å². The fraction of sp³-hybridized carbons (Fsp3) is 0.0500. The van der Waals surface area contributed by atoms with Gasteiger partial charge in [0.1, 0.15) is 0 Å². The number of benzene rings is 2. The lowest BCUT2D eigenvalue weighted by Gasteiger charge is -2.04. The van der Waals surface area contributed by atoms with Crippen molar-refractivity contribution in [1.82, 2.24) is 14.9 Å². The first-order chi connectivity index (χ1) is 14.4. The minimum atomic E-state index is -0.463. The lowest BCUT2D eigenvalue weighted by molar-refractivity contribution is 0.101. The van der Waals surface area contributed by atoms with Crippen LogP contribution in [0.15, 0.2) is 59.3 Å². The molecule has 0 fully saturated rings. The van der Waals surface area contributed by atoms with E-state index in [0.29, 0.717) is 43.8 Å². The Morgan fingerprint density at radius 1 is 0.967 bits per heavy atom. The van der Waals surface area contributed by atoms with E-state index in [9.17, 15) is 4.79 Å². The molecule has 1 N–H and O–H groups in total. The van der Waals surface area contributed by atoms with Gasteiger partial charge >= 0.3 is 0 Å². The van der Waals surface area contributed by atoms with E-state index in [4.69, 9.17) is 50.9 Å². The van der Waals surface area contributed by atoms with E-state index in [1.54, 1.807) is 47.3 Å². The van der Waals surface area contributed by atoms with Crippen molar-refractivity contribution in [1.29, 1.82) is 0 Å². The summed E-state index contributed by atoms with van der Waals surface area (Å²) in [6.07, 6.45) is 1.74. The number of anilines is 1. The minimum Gasteiger partial charge on any atom is -0.355 e. The van der Waals surface area contributed by atoms with Crippen molar-refractivity contribution in [3.63, 3.8) is 0 Å². The average molecular weight is 482 g/mol. The molecule has 0 aliphatic heterocycles. The standard InChI is InChI=1S/C20H12Cl4N4O2/c21-12-2-3-13(15(23)8-12)18-9-17(27-30-18)20(29)25-19-5-6-28(26-19)10-11-1-4-14(22)16(24)7-11/h1-9H,10H2,(H,25,26,29). The predicted octanol–water partition coefficient (Wildman–Crippen LogP) is 6.45. The van der Waals surface area contributed by atoms with Crippen molar-refractivity contribution in [2.24, 2.45) is 0 Å². The van der Waals surface area contributed by atoms with E-state index in [1.807, 2.05) is 6.07 Å². The molecular weight excluding hydrogens is 470 g/mol. The number of aromatic nitrogens is 3. The molecule has 0 aliphatic rings. The molecule has 10 heteroatoms. The maximum Gasteiger partial charge on any atom is 0.279 e. The first kappa shape index (κ1) is 20.8. The fourth-order valence-electron chi connectivity index (χ4n) is 2.72. The molecule has 0 atom stereocenters. The Balaban J connectivity index is 1.44. The van der Waals surface area contributed by atoms with Gasteiger partial charge in [0.2, 0.25) is 0 Å². The molecule has 0 spiro atoms. The molecule has 152 valence electrons. The summed E-state index contributed by atoms with van der Waals surface area (Å²) in [7, 11) is 0. The number of carbonyl (C=O) groups is 1. The Hall–Kier alpha value is -2.51. The van der Waals surface area contributed by atoms with Crippen LogP contribution in [0.2, 0.25) is 20.1 Å². The second-order valence-corrected chi connectivity index (χ2v) is 7.96. The van der Waals surface area contributed by atoms with Gasteiger partial charge < -0.3 is 9.84 Å². The molecule has 0 unspecified atom stereocenters. The third-order valence-corrected chi connectivity index (χ3v) is 5.44. The van der Waals surface area contributed by atoms with Crippen LogP contribution < -0.4 is 5.32 Å². The second-order valence-electron chi connectivity index (χ2n) is 6.30. The number of amides is 1. The van der Waals surface area contributed by atoms with Crippen molar-refractivity contribution in [2.45, 2.75) is 6.54 Å². The SMILES string of the molecule is O=C(Nc1ccn(Cc2ccc(Cl)c(Cl)c2)n1)c1cc(-c2ccc(Cl)cc2Cl)on1. The zero-order valence-electron chi connectivity index (χ0n) is 15.1. The highest BCUT2D eigenvalue weighted by Gasteiger charge is 2.17. The number of halogens is 4. The maximum absolute atomic E-state index is 12.5. The Morgan fingerprint density at radius 3 is 2.57 bits per heavy atom. The summed E-state index contributed by atoms with van der Waals surface area (Å²) in [5, 5.41) is 12.7. The van der Waals surface area contributed by atoms with E-state index >= 15 is 0 Å². The molecule has 0 saturated carbocycles. The molecule has 4 rings (SSSR count). The molecule has 2 heterocycles. The van der Waals surface area contributed by atoms with E-state index in [0.717, 1.165) is 5.56 Å². The minimum absolute atomic E-state index is 0.0926. The van der Waals surface area contributed by atoms with Crippen molar-refractivity contribution >= 4 is 58.1 Å².